The van der Waals surface area contributed by atoms with Crippen molar-refractivity contribution in [2.45, 2.75) is 45.2 Å². The average Bonchev–Trinajstić information content (AvgIpc) is 3.33. The number of hydrogen-bond acceptors (Lipinski definition) is 4. The Morgan fingerprint density at radius 2 is 2.05 bits per heavy atom. The first-order chi connectivity index (χ1) is 10.1. The van der Waals surface area contributed by atoms with Gasteiger partial charge in [0.2, 0.25) is 5.91 Å². The number of nitrogens with zero attached hydrogens (tertiary/aromatic N) is 2. The van der Waals surface area contributed by atoms with Crippen LogP contribution in [0.4, 0.5) is 0 Å². The lowest BCUT2D eigenvalue weighted by Crippen LogP contribution is -2.45. The van der Waals surface area contributed by atoms with E-state index in [0.717, 1.165) is 44.5 Å². The van der Waals surface area contributed by atoms with Gasteiger partial charge in [0.05, 0.1) is 5.69 Å². The van der Waals surface area contributed by atoms with Gasteiger partial charge in [-0.2, -0.15) is 0 Å². The molecule has 1 aromatic rings. The van der Waals surface area contributed by atoms with Crippen LogP contribution in [-0.2, 0) is 11.3 Å². The first-order valence-corrected chi connectivity index (χ1v) is 7.81. The fourth-order valence-corrected chi connectivity index (χ4v) is 2.87. The Hall–Kier alpha value is -1.62. The summed E-state index contributed by atoms with van der Waals surface area (Å²) in [6, 6.07) is 3.90. The summed E-state index contributed by atoms with van der Waals surface area (Å²) in [5.41, 5.74) is 1.61. The minimum Gasteiger partial charge on any atom is -0.506 e. The molecule has 0 bridgehead atoms. The molecule has 1 aromatic heterocycles. The SMILES string of the molecule is Cc1ccc(O)c(CNC2CCN(C(=O)C3CC3)CC2)n1. The van der Waals surface area contributed by atoms with Gasteiger partial charge in [-0.25, -0.2) is 0 Å². The van der Waals surface area contributed by atoms with Gasteiger partial charge in [-0.3, -0.25) is 9.78 Å². The molecule has 2 fully saturated rings. The van der Waals surface area contributed by atoms with Gasteiger partial charge < -0.3 is 15.3 Å². The first kappa shape index (κ1) is 14.3. The maximum Gasteiger partial charge on any atom is 0.225 e. The van der Waals surface area contributed by atoms with Crippen LogP contribution in [0.3, 0.4) is 0 Å². The van der Waals surface area contributed by atoms with Gasteiger partial charge in [0.1, 0.15) is 5.75 Å². The van der Waals surface area contributed by atoms with Crippen LogP contribution in [0.1, 0.15) is 37.1 Å². The van der Waals surface area contributed by atoms with Crippen LogP contribution in [0.5, 0.6) is 5.75 Å². The van der Waals surface area contributed by atoms with Crippen molar-refractivity contribution in [1.29, 1.82) is 0 Å². The van der Waals surface area contributed by atoms with Crippen molar-refractivity contribution in [3.05, 3.63) is 23.5 Å². The summed E-state index contributed by atoms with van der Waals surface area (Å²) >= 11 is 0. The van der Waals surface area contributed by atoms with Crippen molar-refractivity contribution in [3.63, 3.8) is 0 Å². The normalized spacial score (nSPS) is 19.8. The molecule has 1 aliphatic heterocycles. The third-order valence-corrected chi connectivity index (χ3v) is 4.38. The summed E-state index contributed by atoms with van der Waals surface area (Å²) in [5.74, 6) is 0.920. The lowest BCUT2D eigenvalue weighted by Gasteiger charge is -2.32. The first-order valence-electron chi connectivity index (χ1n) is 7.81. The summed E-state index contributed by atoms with van der Waals surface area (Å²) in [4.78, 5) is 18.4. The minimum atomic E-state index is 0.245. The van der Waals surface area contributed by atoms with E-state index in [-0.39, 0.29) is 5.75 Å². The standard InChI is InChI=1S/C16H23N3O2/c1-11-2-5-15(20)14(18-11)10-17-13-6-8-19(9-7-13)16(21)12-3-4-12/h2,5,12-13,17,20H,3-4,6-10H2,1H3. The topological polar surface area (TPSA) is 65.5 Å². The number of piperidine rings is 1. The van der Waals surface area contributed by atoms with E-state index in [1.807, 2.05) is 11.8 Å². The second-order valence-corrected chi connectivity index (χ2v) is 6.17. The van der Waals surface area contributed by atoms with Crippen LogP contribution in [0.25, 0.3) is 0 Å². The molecule has 114 valence electrons. The van der Waals surface area contributed by atoms with Gasteiger partial charge in [-0.1, -0.05) is 0 Å². The monoisotopic (exact) mass is 289 g/mol. The van der Waals surface area contributed by atoms with Crippen molar-refractivity contribution in [1.82, 2.24) is 15.2 Å². The molecule has 21 heavy (non-hydrogen) atoms. The molecule has 5 heteroatoms. The van der Waals surface area contributed by atoms with Gasteiger partial charge in [-0.15, -0.1) is 0 Å². The molecule has 1 saturated heterocycles. The van der Waals surface area contributed by atoms with E-state index in [4.69, 9.17) is 0 Å². The summed E-state index contributed by atoms with van der Waals surface area (Å²) in [6.45, 7) is 4.19. The van der Waals surface area contributed by atoms with E-state index in [1.54, 1.807) is 12.1 Å². The molecule has 0 atom stereocenters. The molecule has 2 N–H and O–H groups in total. The third kappa shape index (κ3) is 3.53. The highest BCUT2D eigenvalue weighted by molar-refractivity contribution is 5.81. The van der Waals surface area contributed by atoms with Crippen LogP contribution in [0, 0.1) is 12.8 Å². The highest BCUT2D eigenvalue weighted by Crippen LogP contribution is 2.31. The number of aromatic nitrogens is 1. The number of aromatic hydroxyl groups is 1. The number of nitrogens with one attached hydrogen (secondary N) is 1. The van der Waals surface area contributed by atoms with Crippen molar-refractivity contribution in [3.8, 4) is 5.75 Å². The van der Waals surface area contributed by atoms with E-state index in [9.17, 15) is 9.90 Å². The highest BCUT2D eigenvalue weighted by Gasteiger charge is 2.34. The Kier molecular flexibility index (Phi) is 4.10. The number of hydrogen-bond donors (Lipinski definition) is 2. The molecule has 1 aliphatic carbocycles. The van der Waals surface area contributed by atoms with Crippen molar-refractivity contribution < 1.29 is 9.90 Å². The second-order valence-electron chi connectivity index (χ2n) is 6.17. The molecule has 0 aromatic carbocycles. The van der Waals surface area contributed by atoms with E-state index in [1.165, 1.54) is 0 Å². The highest BCUT2D eigenvalue weighted by atomic mass is 16.3. The number of rotatable bonds is 4. The van der Waals surface area contributed by atoms with Crippen LogP contribution >= 0.6 is 0 Å². The van der Waals surface area contributed by atoms with Crippen LogP contribution in [-0.4, -0.2) is 40.0 Å². The zero-order valence-corrected chi connectivity index (χ0v) is 12.5. The predicted octanol–water partition coefficient (Wildman–Crippen LogP) is 1.59. The molecular formula is C16H23N3O2. The predicted molar refractivity (Wildman–Crippen MR) is 79.8 cm³/mol. The smallest absolute Gasteiger partial charge is 0.225 e. The average molecular weight is 289 g/mol. The zero-order valence-electron chi connectivity index (χ0n) is 12.5. The molecule has 1 saturated carbocycles. The maximum absolute atomic E-state index is 12.0. The largest absolute Gasteiger partial charge is 0.506 e. The van der Waals surface area contributed by atoms with Gasteiger partial charge >= 0.3 is 0 Å². The fraction of sp³-hybridized carbons (Fsp3) is 0.625. The van der Waals surface area contributed by atoms with E-state index in [0.29, 0.717) is 30.1 Å². The molecule has 3 rings (SSSR count). The van der Waals surface area contributed by atoms with Crippen molar-refractivity contribution >= 4 is 5.91 Å². The van der Waals surface area contributed by atoms with E-state index < -0.39 is 0 Å². The number of amides is 1. The third-order valence-electron chi connectivity index (χ3n) is 4.38. The lowest BCUT2D eigenvalue weighted by molar-refractivity contribution is -0.133. The summed E-state index contributed by atoms with van der Waals surface area (Å²) in [7, 11) is 0. The summed E-state index contributed by atoms with van der Waals surface area (Å²) < 4.78 is 0. The Morgan fingerprint density at radius 1 is 1.33 bits per heavy atom. The molecule has 1 amide bonds. The number of likely N-dealkylation sites (tertiary alicyclic amines) is 1. The molecular weight excluding hydrogens is 266 g/mol. The van der Waals surface area contributed by atoms with Crippen molar-refractivity contribution in [2.24, 2.45) is 5.92 Å². The van der Waals surface area contributed by atoms with Crippen LogP contribution < -0.4 is 5.32 Å². The van der Waals surface area contributed by atoms with Crippen LogP contribution in [0.2, 0.25) is 0 Å². The molecule has 2 heterocycles. The fourth-order valence-electron chi connectivity index (χ4n) is 2.87. The Labute approximate surface area is 125 Å². The number of carbonyl (C=O) groups excluding carboxylic acids is 1. The molecule has 0 unspecified atom stereocenters. The summed E-state index contributed by atoms with van der Waals surface area (Å²) in [5, 5.41) is 13.2. The summed E-state index contributed by atoms with van der Waals surface area (Å²) in [6.07, 6.45) is 4.11. The quantitative estimate of drug-likeness (QED) is 0.883. The number of pyridine rings is 1. The van der Waals surface area contributed by atoms with E-state index >= 15 is 0 Å². The molecule has 2 aliphatic rings. The second kappa shape index (κ2) is 6.02. The van der Waals surface area contributed by atoms with Crippen LogP contribution in [0.15, 0.2) is 12.1 Å². The molecule has 0 radical (unpaired) electrons. The van der Waals surface area contributed by atoms with Crippen molar-refractivity contribution in [2.75, 3.05) is 13.1 Å². The molecule has 0 spiro atoms. The maximum atomic E-state index is 12.0. The molecule has 5 nitrogen and oxygen atoms in total. The van der Waals surface area contributed by atoms with Gasteiger partial charge in [0.25, 0.3) is 0 Å². The van der Waals surface area contributed by atoms with Gasteiger partial charge in [0.15, 0.2) is 0 Å². The Balaban J connectivity index is 1.47. The Morgan fingerprint density at radius 3 is 2.71 bits per heavy atom. The number of aryl methyl sites for hydroxylation is 1. The Bertz CT molecular complexity index is 520. The zero-order chi connectivity index (χ0) is 14.8. The number of carbonyl (C=O) groups is 1. The van der Waals surface area contributed by atoms with E-state index in [2.05, 4.69) is 10.3 Å². The van der Waals surface area contributed by atoms with Gasteiger partial charge in [0, 0.05) is 37.3 Å². The lowest BCUT2D eigenvalue weighted by atomic mass is 10.0. The van der Waals surface area contributed by atoms with Gasteiger partial charge in [-0.05, 0) is 44.7 Å². The minimum absolute atomic E-state index is 0.245.